The highest BCUT2D eigenvalue weighted by Gasteiger charge is 2.43. The molecule has 2 rings (SSSR count). The maximum atomic E-state index is 11.9. The van der Waals surface area contributed by atoms with Gasteiger partial charge in [-0.1, -0.05) is 0 Å². The third-order valence-corrected chi connectivity index (χ3v) is 3.57. The van der Waals surface area contributed by atoms with Crippen LogP contribution in [0.1, 0.15) is 26.7 Å². The van der Waals surface area contributed by atoms with Crippen LogP contribution >= 0.6 is 0 Å². The van der Waals surface area contributed by atoms with E-state index in [9.17, 15) is 14.9 Å². The third kappa shape index (κ3) is 4.22. The zero-order chi connectivity index (χ0) is 16.2. The molecule has 1 aromatic rings. The number of carbonyl (C=O) groups excluding carboxylic acids is 2. The largest absolute Gasteiger partial charge is 0.484 e. The van der Waals surface area contributed by atoms with E-state index in [1.54, 1.807) is 31.2 Å². The molecule has 0 spiro atoms. The summed E-state index contributed by atoms with van der Waals surface area (Å²) in [7, 11) is 0. The minimum Gasteiger partial charge on any atom is -0.484 e. The molecular formula is C16H19N3O3. The molecule has 0 aliphatic heterocycles. The predicted octanol–water partition coefficient (Wildman–Crippen LogP) is 1.83. The van der Waals surface area contributed by atoms with Gasteiger partial charge in [-0.05, 0) is 49.9 Å². The molecule has 0 bridgehead atoms. The number of amides is 2. The number of hydrogen-bond acceptors (Lipinski definition) is 4. The molecule has 0 saturated heterocycles. The van der Waals surface area contributed by atoms with Crippen molar-refractivity contribution in [3.05, 3.63) is 24.3 Å². The molecule has 0 aromatic heterocycles. The van der Waals surface area contributed by atoms with Crippen LogP contribution in [0.5, 0.6) is 5.75 Å². The second-order valence-corrected chi connectivity index (χ2v) is 5.63. The number of benzene rings is 1. The molecule has 1 saturated carbocycles. The number of nitrogens with zero attached hydrogens (tertiary/aromatic N) is 1. The molecule has 0 radical (unpaired) electrons. The molecule has 1 atom stereocenters. The van der Waals surface area contributed by atoms with E-state index in [1.165, 1.54) is 6.92 Å². The SMILES string of the molecule is CC(=O)Nc1ccc(OCC(=O)N[C@](C)(C#N)C2CC2)cc1. The van der Waals surface area contributed by atoms with Crippen molar-refractivity contribution in [1.82, 2.24) is 5.32 Å². The van der Waals surface area contributed by atoms with Crippen molar-refractivity contribution in [2.45, 2.75) is 32.2 Å². The maximum Gasteiger partial charge on any atom is 0.259 e. The fraction of sp³-hybridized carbons (Fsp3) is 0.438. The first-order valence-electron chi connectivity index (χ1n) is 7.15. The summed E-state index contributed by atoms with van der Waals surface area (Å²) in [5.74, 6) is 0.290. The highest BCUT2D eigenvalue weighted by atomic mass is 16.5. The Hall–Kier alpha value is -2.55. The van der Waals surface area contributed by atoms with Crippen LogP contribution in [0.3, 0.4) is 0 Å². The van der Waals surface area contributed by atoms with E-state index < -0.39 is 5.54 Å². The highest BCUT2D eigenvalue weighted by Crippen LogP contribution is 2.39. The molecule has 2 N–H and O–H groups in total. The minimum atomic E-state index is -0.810. The number of carbonyl (C=O) groups is 2. The van der Waals surface area contributed by atoms with Gasteiger partial charge in [0.15, 0.2) is 6.61 Å². The molecular weight excluding hydrogens is 282 g/mol. The van der Waals surface area contributed by atoms with Gasteiger partial charge < -0.3 is 15.4 Å². The van der Waals surface area contributed by atoms with Crippen LogP contribution in [0.25, 0.3) is 0 Å². The van der Waals surface area contributed by atoms with E-state index in [2.05, 4.69) is 16.7 Å². The minimum absolute atomic E-state index is 0.149. The summed E-state index contributed by atoms with van der Waals surface area (Å²) in [5.41, 5.74) is -0.148. The van der Waals surface area contributed by atoms with E-state index in [0.29, 0.717) is 11.4 Å². The van der Waals surface area contributed by atoms with E-state index in [0.717, 1.165) is 12.8 Å². The number of nitrogens with one attached hydrogen (secondary N) is 2. The van der Waals surface area contributed by atoms with Crippen molar-refractivity contribution < 1.29 is 14.3 Å². The first-order valence-corrected chi connectivity index (χ1v) is 7.15. The second kappa shape index (κ2) is 6.48. The zero-order valence-corrected chi connectivity index (χ0v) is 12.7. The van der Waals surface area contributed by atoms with Crippen LogP contribution < -0.4 is 15.4 Å². The normalized spacial score (nSPS) is 16.0. The summed E-state index contributed by atoms with van der Waals surface area (Å²) in [6.07, 6.45) is 1.94. The summed E-state index contributed by atoms with van der Waals surface area (Å²) in [6.45, 7) is 3.02. The van der Waals surface area contributed by atoms with Gasteiger partial charge >= 0.3 is 0 Å². The summed E-state index contributed by atoms with van der Waals surface area (Å²) < 4.78 is 5.38. The second-order valence-electron chi connectivity index (χ2n) is 5.63. The Morgan fingerprint density at radius 1 is 1.36 bits per heavy atom. The quantitative estimate of drug-likeness (QED) is 0.838. The van der Waals surface area contributed by atoms with E-state index in [4.69, 9.17) is 4.74 Å². The Kier molecular flexibility index (Phi) is 4.66. The number of anilines is 1. The molecule has 6 nitrogen and oxygen atoms in total. The van der Waals surface area contributed by atoms with Crippen LogP contribution in [0.4, 0.5) is 5.69 Å². The van der Waals surface area contributed by atoms with Crippen molar-refractivity contribution >= 4 is 17.5 Å². The molecule has 1 aromatic carbocycles. The van der Waals surface area contributed by atoms with Crippen LogP contribution in [-0.2, 0) is 9.59 Å². The Labute approximate surface area is 129 Å². The van der Waals surface area contributed by atoms with Crippen LogP contribution in [0.15, 0.2) is 24.3 Å². The fourth-order valence-corrected chi connectivity index (χ4v) is 2.19. The molecule has 2 amide bonds. The lowest BCUT2D eigenvalue weighted by Gasteiger charge is -2.22. The molecule has 22 heavy (non-hydrogen) atoms. The van der Waals surface area contributed by atoms with Gasteiger partial charge in [-0.2, -0.15) is 5.26 Å². The van der Waals surface area contributed by atoms with Gasteiger partial charge in [-0.15, -0.1) is 0 Å². The number of hydrogen-bond donors (Lipinski definition) is 2. The van der Waals surface area contributed by atoms with Gasteiger partial charge in [0, 0.05) is 12.6 Å². The molecule has 1 aliphatic rings. The lowest BCUT2D eigenvalue weighted by Crippen LogP contribution is -2.48. The Bertz CT molecular complexity index is 602. The molecule has 0 heterocycles. The third-order valence-electron chi connectivity index (χ3n) is 3.57. The van der Waals surface area contributed by atoms with Crippen molar-refractivity contribution in [1.29, 1.82) is 5.26 Å². The molecule has 116 valence electrons. The van der Waals surface area contributed by atoms with Gasteiger partial charge in [0.2, 0.25) is 5.91 Å². The van der Waals surface area contributed by atoms with Crippen molar-refractivity contribution in [2.75, 3.05) is 11.9 Å². The fourth-order valence-electron chi connectivity index (χ4n) is 2.19. The van der Waals surface area contributed by atoms with Crippen LogP contribution in [0, 0.1) is 17.2 Å². The number of ether oxygens (including phenoxy) is 1. The van der Waals surface area contributed by atoms with Crippen molar-refractivity contribution in [2.24, 2.45) is 5.92 Å². The average molecular weight is 301 g/mol. The number of rotatable bonds is 6. The first kappa shape index (κ1) is 15.8. The van der Waals surface area contributed by atoms with Crippen molar-refractivity contribution in [3.63, 3.8) is 0 Å². The lowest BCUT2D eigenvalue weighted by atomic mass is 9.98. The zero-order valence-electron chi connectivity index (χ0n) is 12.7. The van der Waals surface area contributed by atoms with E-state index >= 15 is 0 Å². The van der Waals surface area contributed by atoms with Crippen LogP contribution in [0.2, 0.25) is 0 Å². The molecule has 6 heteroatoms. The monoisotopic (exact) mass is 301 g/mol. The summed E-state index contributed by atoms with van der Waals surface area (Å²) >= 11 is 0. The number of nitriles is 1. The highest BCUT2D eigenvalue weighted by molar-refractivity contribution is 5.88. The van der Waals surface area contributed by atoms with E-state index in [-0.39, 0.29) is 24.3 Å². The van der Waals surface area contributed by atoms with Gasteiger partial charge in [0.25, 0.3) is 5.91 Å². The van der Waals surface area contributed by atoms with Crippen molar-refractivity contribution in [3.8, 4) is 11.8 Å². The Morgan fingerprint density at radius 2 is 2.00 bits per heavy atom. The van der Waals surface area contributed by atoms with Gasteiger partial charge in [0.05, 0.1) is 6.07 Å². The molecule has 0 unspecified atom stereocenters. The predicted molar refractivity (Wildman–Crippen MR) is 81.1 cm³/mol. The topological polar surface area (TPSA) is 91.2 Å². The van der Waals surface area contributed by atoms with Gasteiger partial charge in [-0.25, -0.2) is 0 Å². The molecule has 1 fully saturated rings. The van der Waals surface area contributed by atoms with E-state index in [1.807, 2.05) is 0 Å². The Morgan fingerprint density at radius 3 is 2.50 bits per heavy atom. The first-order chi connectivity index (χ1) is 10.4. The average Bonchev–Trinajstić information content (AvgIpc) is 3.31. The smallest absolute Gasteiger partial charge is 0.259 e. The van der Waals surface area contributed by atoms with Crippen LogP contribution in [-0.4, -0.2) is 24.0 Å². The Balaban J connectivity index is 1.83. The summed E-state index contributed by atoms with van der Waals surface area (Å²) in [6, 6.07) is 8.89. The lowest BCUT2D eigenvalue weighted by molar-refractivity contribution is -0.124. The standard InChI is InChI=1S/C16H19N3O3/c1-11(20)18-13-5-7-14(8-6-13)22-9-15(21)19-16(2,10-17)12-3-4-12/h5-8,12H,3-4,9H2,1-2H3,(H,18,20)(H,19,21)/t16-/m1/s1. The maximum absolute atomic E-state index is 11.9. The summed E-state index contributed by atoms with van der Waals surface area (Å²) in [5, 5.41) is 14.6. The summed E-state index contributed by atoms with van der Waals surface area (Å²) in [4.78, 5) is 22.8. The van der Waals surface area contributed by atoms with Gasteiger partial charge in [0.1, 0.15) is 11.3 Å². The van der Waals surface area contributed by atoms with Gasteiger partial charge in [-0.3, -0.25) is 9.59 Å². The molecule has 1 aliphatic carbocycles.